The molecule has 0 saturated carbocycles. The third-order valence-corrected chi connectivity index (χ3v) is 0.847. The first-order valence-corrected chi connectivity index (χ1v) is 2.57. The average Bonchev–Trinajstić information content (AvgIpc) is 1.77. The zero-order chi connectivity index (χ0) is 9.99. The van der Waals surface area contributed by atoms with Crippen molar-refractivity contribution in [2.24, 2.45) is 0 Å². The standard InChI is InChI=1S/C5H4F6O/c1-12-2-3(4(6,7)8)5(9,10)11/h2H,1H3. The summed E-state index contributed by atoms with van der Waals surface area (Å²) < 4.78 is 72.9. The van der Waals surface area contributed by atoms with Crippen LogP contribution in [-0.4, -0.2) is 19.5 Å². The highest BCUT2D eigenvalue weighted by Gasteiger charge is 2.51. The Bertz CT molecular complexity index is 159. The van der Waals surface area contributed by atoms with Crippen LogP contribution in [0.15, 0.2) is 11.8 Å². The van der Waals surface area contributed by atoms with Gasteiger partial charge >= 0.3 is 12.4 Å². The fourth-order valence-corrected chi connectivity index (χ4v) is 0.412. The number of ether oxygens (including phenoxy) is 1. The fraction of sp³-hybridized carbons (Fsp3) is 0.600. The number of hydrogen-bond acceptors (Lipinski definition) is 1. The van der Waals surface area contributed by atoms with Crippen LogP contribution in [0, 0.1) is 0 Å². The van der Waals surface area contributed by atoms with Crippen LogP contribution < -0.4 is 0 Å². The fourth-order valence-electron chi connectivity index (χ4n) is 0.412. The summed E-state index contributed by atoms with van der Waals surface area (Å²) >= 11 is 0. The molecule has 0 rings (SSSR count). The van der Waals surface area contributed by atoms with Gasteiger partial charge in [0.1, 0.15) is 0 Å². The maximum absolute atomic E-state index is 11.5. The predicted molar refractivity (Wildman–Crippen MR) is 27.2 cm³/mol. The van der Waals surface area contributed by atoms with Gasteiger partial charge in [-0.25, -0.2) is 0 Å². The minimum absolute atomic E-state index is 0.375. The second-order valence-corrected chi connectivity index (χ2v) is 1.76. The molecule has 0 aromatic heterocycles. The van der Waals surface area contributed by atoms with Crippen molar-refractivity contribution in [2.45, 2.75) is 12.4 Å². The van der Waals surface area contributed by atoms with Crippen LogP contribution in [-0.2, 0) is 4.74 Å². The summed E-state index contributed by atoms with van der Waals surface area (Å²) in [7, 11) is 0.706. The van der Waals surface area contributed by atoms with Gasteiger partial charge in [0, 0.05) is 0 Å². The molecule has 0 aromatic rings. The van der Waals surface area contributed by atoms with E-state index in [0.717, 1.165) is 0 Å². The molecule has 0 unspecified atom stereocenters. The van der Waals surface area contributed by atoms with Gasteiger partial charge in [0.15, 0.2) is 5.57 Å². The van der Waals surface area contributed by atoms with Gasteiger partial charge < -0.3 is 4.74 Å². The van der Waals surface area contributed by atoms with Crippen LogP contribution in [0.1, 0.15) is 0 Å². The Morgan fingerprint density at radius 1 is 1.00 bits per heavy atom. The minimum atomic E-state index is -5.44. The van der Waals surface area contributed by atoms with E-state index in [1.54, 1.807) is 0 Å². The van der Waals surface area contributed by atoms with Gasteiger partial charge in [-0.2, -0.15) is 26.3 Å². The van der Waals surface area contributed by atoms with Crippen LogP contribution in [0.4, 0.5) is 26.3 Å². The second-order valence-electron chi connectivity index (χ2n) is 1.76. The van der Waals surface area contributed by atoms with Crippen molar-refractivity contribution >= 4 is 0 Å². The first-order chi connectivity index (χ1) is 5.19. The Labute approximate surface area is 63.6 Å². The highest BCUT2D eigenvalue weighted by Crippen LogP contribution is 2.38. The van der Waals surface area contributed by atoms with E-state index < -0.39 is 17.9 Å². The normalized spacial score (nSPS) is 12.6. The molecule has 0 spiro atoms. The SMILES string of the molecule is COC=C(C(F)(F)F)C(F)(F)F. The van der Waals surface area contributed by atoms with E-state index in [1.165, 1.54) is 0 Å². The van der Waals surface area contributed by atoms with Gasteiger partial charge in [-0.1, -0.05) is 0 Å². The third-order valence-electron chi connectivity index (χ3n) is 0.847. The number of methoxy groups -OCH3 is 1. The Morgan fingerprint density at radius 2 is 1.33 bits per heavy atom. The zero-order valence-corrected chi connectivity index (χ0v) is 5.75. The lowest BCUT2D eigenvalue weighted by Crippen LogP contribution is -2.26. The van der Waals surface area contributed by atoms with Crippen molar-refractivity contribution in [3.8, 4) is 0 Å². The summed E-state index contributed by atoms with van der Waals surface area (Å²) in [6.45, 7) is 0. The van der Waals surface area contributed by atoms with Crippen molar-refractivity contribution < 1.29 is 31.1 Å². The first kappa shape index (κ1) is 11.1. The molecule has 0 heterocycles. The van der Waals surface area contributed by atoms with Crippen molar-refractivity contribution in [2.75, 3.05) is 7.11 Å². The minimum Gasteiger partial charge on any atom is -0.504 e. The number of hydrogen-bond donors (Lipinski definition) is 0. The molecule has 72 valence electrons. The summed E-state index contributed by atoms with van der Waals surface area (Å²) in [4.78, 5) is 0. The molecule has 0 bridgehead atoms. The molecule has 0 radical (unpaired) electrons. The smallest absolute Gasteiger partial charge is 0.424 e. The first-order valence-electron chi connectivity index (χ1n) is 2.57. The van der Waals surface area contributed by atoms with Crippen molar-refractivity contribution in [1.29, 1.82) is 0 Å². The lowest BCUT2D eigenvalue weighted by Gasteiger charge is -2.13. The van der Waals surface area contributed by atoms with Gasteiger partial charge in [0.05, 0.1) is 13.4 Å². The highest BCUT2D eigenvalue weighted by molar-refractivity contribution is 5.12. The second kappa shape index (κ2) is 3.24. The summed E-state index contributed by atoms with van der Waals surface area (Å²) in [6.07, 6.45) is -11.2. The topological polar surface area (TPSA) is 9.23 Å². The predicted octanol–water partition coefficient (Wildman–Crippen LogP) is 2.64. The Hall–Kier alpha value is -0.880. The van der Waals surface area contributed by atoms with Gasteiger partial charge in [-0.3, -0.25) is 0 Å². The molecule has 0 atom stereocenters. The molecule has 0 aliphatic rings. The van der Waals surface area contributed by atoms with Crippen molar-refractivity contribution in [3.05, 3.63) is 11.8 Å². The summed E-state index contributed by atoms with van der Waals surface area (Å²) in [5.74, 6) is 0. The largest absolute Gasteiger partial charge is 0.504 e. The van der Waals surface area contributed by atoms with Gasteiger partial charge in [0.2, 0.25) is 0 Å². The van der Waals surface area contributed by atoms with Gasteiger partial charge in [0.25, 0.3) is 0 Å². The van der Waals surface area contributed by atoms with E-state index in [2.05, 4.69) is 4.74 Å². The van der Waals surface area contributed by atoms with Gasteiger partial charge in [-0.05, 0) is 0 Å². The maximum Gasteiger partial charge on any atom is 0.424 e. The molecule has 0 amide bonds. The Morgan fingerprint density at radius 3 is 1.42 bits per heavy atom. The quantitative estimate of drug-likeness (QED) is 0.460. The van der Waals surface area contributed by atoms with Crippen molar-refractivity contribution in [1.82, 2.24) is 0 Å². The molecule has 0 aliphatic carbocycles. The van der Waals surface area contributed by atoms with Crippen LogP contribution in [0.2, 0.25) is 0 Å². The van der Waals surface area contributed by atoms with Crippen LogP contribution in [0.3, 0.4) is 0 Å². The lowest BCUT2D eigenvalue weighted by atomic mass is 10.3. The molecule has 7 heteroatoms. The van der Waals surface area contributed by atoms with Gasteiger partial charge in [-0.15, -0.1) is 0 Å². The third kappa shape index (κ3) is 3.02. The maximum atomic E-state index is 11.5. The zero-order valence-electron chi connectivity index (χ0n) is 5.75. The summed E-state index contributed by atoms with van der Waals surface area (Å²) in [6, 6.07) is 0. The number of rotatable bonds is 1. The van der Waals surface area contributed by atoms with E-state index >= 15 is 0 Å². The van der Waals surface area contributed by atoms with Crippen LogP contribution in [0.25, 0.3) is 0 Å². The monoisotopic (exact) mass is 194 g/mol. The van der Waals surface area contributed by atoms with E-state index in [4.69, 9.17) is 0 Å². The molecule has 0 saturated heterocycles. The van der Waals surface area contributed by atoms with Crippen molar-refractivity contribution in [3.63, 3.8) is 0 Å². The number of alkyl halides is 6. The van der Waals surface area contributed by atoms with Crippen LogP contribution in [0.5, 0.6) is 0 Å². The molecular weight excluding hydrogens is 190 g/mol. The molecule has 0 N–H and O–H groups in total. The van der Waals surface area contributed by atoms with E-state index in [1.807, 2.05) is 0 Å². The Kier molecular flexibility index (Phi) is 3.00. The summed E-state index contributed by atoms with van der Waals surface area (Å²) in [5.41, 5.74) is -2.66. The van der Waals surface area contributed by atoms with E-state index in [9.17, 15) is 26.3 Å². The molecule has 1 nitrogen and oxygen atoms in total. The molecular formula is C5H4F6O. The molecule has 0 aromatic carbocycles. The van der Waals surface area contributed by atoms with E-state index in [0.29, 0.717) is 7.11 Å². The number of allylic oxidation sites excluding steroid dienone is 1. The Balaban J connectivity index is 4.83. The highest BCUT2D eigenvalue weighted by atomic mass is 19.4. The molecule has 0 aliphatic heterocycles. The average molecular weight is 194 g/mol. The van der Waals surface area contributed by atoms with Crippen LogP contribution >= 0.6 is 0 Å². The molecule has 12 heavy (non-hydrogen) atoms. The van der Waals surface area contributed by atoms with E-state index in [-0.39, 0.29) is 6.26 Å². The lowest BCUT2D eigenvalue weighted by molar-refractivity contribution is -0.174. The number of halogens is 6. The molecule has 0 fully saturated rings. The summed E-state index contributed by atoms with van der Waals surface area (Å²) in [5, 5.41) is 0.